The molecule has 1 atom stereocenters. The molecule has 1 aromatic heterocycles. The second-order valence-electron chi connectivity index (χ2n) is 6.55. The van der Waals surface area contributed by atoms with E-state index in [0.717, 1.165) is 37.2 Å². The zero-order valence-electron chi connectivity index (χ0n) is 15.1. The van der Waals surface area contributed by atoms with E-state index in [2.05, 4.69) is 45.8 Å². The van der Waals surface area contributed by atoms with Crippen LogP contribution in [0.4, 0.5) is 5.95 Å². The molecule has 8 heteroatoms. The molecule has 0 unspecified atom stereocenters. The van der Waals surface area contributed by atoms with Crippen molar-refractivity contribution in [2.24, 2.45) is 5.92 Å². The number of hydrogen-bond donors (Lipinski definition) is 1. The van der Waals surface area contributed by atoms with Gasteiger partial charge in [0.2, 0.25) is 11.9 Å². The molecule has 7 nitrogen and oxygen atoms in total. The van der Waals surface area contributed by atoms with Crippen LogP contribution < -0.4 is 10.2 Å². The van der Waals surface area contributed by atoms with Crippen LogP contribution in [-0.4, -0.2) is 58.8 Å². The van der Waals surface area contributed by atoms with Gasteiger partial charge in [0.05, 0.1) is 19.0 Å². The number of ether oxygens (including phenoxy) is 1. The Morgan fingerprint density at radius 3 is 2.62 bits per heavy atom. The maximum atomic E-state index is 12.0. The van der Waals surface area contributed by atoms with Crippen LogP contribution in [0.25, 0.3) is 0 Å². The maximum absolute atomic E-state index is 12.0. The highest BCUT2D eigenvalue weighted by molar-refractivity contribution is 7.99. The number of nitrogens with zero attached hydrogens (tertiary/aromatic N) is 4. The van der Waals surface area contributed by atoms with E-state index in [4.69, 9.17) is 4.74 Å². The van der Waals surface area contributed by atoms with E-state index in [-0.39, 0.29) is 11.9 Å². The fraction of sp³-hybridized carbons (Fsp3) is 0.812. The van der Waals surface area contributed by atoms with E-state index in [9.17, 15) is 4.79 Å². The molecule has 0 spiro atoms. The minimum atomic E-state index is 0.0429. The molecular weight excluding hydrogens is 326 g/mol. The van der Waals surface area contributed by atoms with Crippen LogP contribution in [0.3, 0.4) is 0 Å². The molecule has 1 aliphatic rings. The van der Waals surface area contributed by atoms with Crippen molar-refractivity contribution in [2.45, 2.75) is 51.9 Å². The number of rotatable bonds is 8. The molecule has 1 amide bonds. The van der Waals surface area contributed by atoms with Gasteiger partial charge in [0.1, 0.15) is 0 Å². The number of amides is 1. The van der Waals surface area contributed by atoms with Crippen LogP contribution in [0.2, 0.25) is 0 Å². The maximum Gasteiger partial charge on any atom is 0.230 e. The quantitative estimate of drug-likeness (QED) is 0.717. The van der Waals surface area contributed by atoms with Gasteiger partial charge in [-0.05, 0) is 19.3 Å². The second kappa shape index (κ2) is 9.27. The van der Waals surface area contributed by atoms with Crippen LogP contribution >= 0.6 is 11.8 Å². The highest BCUT2D eigenvalue weighted by Crippen LogP contribution is 2.24. The molecule has 0 aromatic carbocycles. The Hall–Kier alpha value is -1.28. The summed E-state index contributed by atoms with van der Waals surface area (Å²) in [4.78, 5) is 14.2. The lowest BCUT2D eigenvalue weighted by Crippen LogP contribution is -2.38. The van der Waals surface area contributed by atoms with Crippen LogP contribution in [0.5, 0.6) is 0 Å². The molecule has 0 saturated carbocycles. The van der Waals surface area contributed by atoms with Crippen LogP contribution in [0.1, 0.15) is 34.1 Å². The minimum Gasteiger partial charge on any atom is -0.378 e. The van der Waals surface area contributed by atoms with Crippen LogP contribution in [-0.2, 0) is 16.1 Å². The number of morpholine rings is 1. The molecule has 0 radical (unpaired) electrons. The fourth-order valence-electron chi connectivity index (χ4n) is 2.46. The number of thioether (sulfide) groups is 1. The summed E-state index contributed by atoms with van der Waals surface area (Å²) >= 11 is 1.45. The Morgan fingerprint density at radius 1 is 1.29 bits per heavy atom. The lowest BCUT2D eigenvalue weighted by atomic mass is 10.2. The third kappa shape index (κ3) is 5.37. The first-order valence-corrected chi connectivity index (χ1v) is 9.67. The Morgan fingerprint density at radius 2 is 2.00 bits per heavy atom. The van der Waals surface area contributed by atoms with Crippen molar-refractivity contribution in [3.8, 4) is 0 Å². The Balaban J connectivity index is 2.05. The monoisotopic (exact) mass is 355 g/mol. The highest BCUT2D eigenvalue weighted by Gasteiger charge is 2.21. The predicted octanol–water partition coefficient (Wildman–Crippen LogP) is 1.78. The van der Waals surface area contributed by atoms with Gasteiger partial charge in [0.25, 0.3) is 0 Å². The Labute approximate surface area is 148 Å². The van der Waals surface area contributed by atoms with E-state index in [1.165, 1.54) is 11.8 Å². The van der Waals surface area contributed by atoms with Crippen molar-refractivity contribution in [1.29, 1.82) is 0 Å². The summed E-state index contributed by atoms with van der Waals surface area (Å²) in [6, 6.07) is 0.204. The van der Waals surface area contributed by atoms with Gasteiger partial charge in [-0.3, -0.25) is 9.36 Å². The molecule has 136 valence electrons. The van der Waals surface area contributed by atoms with Gasteiger partial charge in [-0.1, -0.05) is 32.5 Å². The summed E-state index contributed by atoms with van der Waals surface area (Å²) in [7, 11) is 0. The summed E-state index contributed by atoms with van der Waals surface area (Å²) in [6.45, 7) is 12.4. The molecule has 24 heavy (non-hydrogen) atoms. The first kappa shape index (κ1) is 19.1. The summed E-state index contributed by atoms with van der Waals surface area (Å²) in [5, 5.41) is 12.5. The summed E-state index contributed by atoms with van der Waals surface area (Å²) in [6.07, 6.45) is 0.932. The summed E-state index contributed by atoms with van der Waals surface area (Å²) in [5.74, 6) is 1.77. The number of nitrogens with one attached hydrogen (secondary N) is 1. The van der Waals surface area contributed by atoms with Gasteiger partial charge in [-0.2, -0.15) is 0 Å². The van der Waals surface area contributed by atoms with Gasteiger partial charge < -0.3 is 15.0 Å². The van der Waals surface area contributed by atoms with Crippen molar-refractivity contribution in [3.63, 3.8) is 0 Å². The predicted molar refractivity (Wildman–Crippen MR) is 96.5 cm³/mol. The molecule has 1 N–H and O–H groups in total. The molecule has 0 bridgehead atoms. The normalized spacial score (nSPS) is 16.5. The van der Waals surface area contributed by atoms with Crippen molar-refractivity contribution in [2.75, 3.05) is 37.0 Å². The molecule has 2 heterocycles. The van der Waals surface area contributed by atoms with E-state index in [1.807, 2.05) is 6.92 Å². The third-order valence-corrected chi connectivity index (χ3v) is 4.86. The topological polar surface area (TPSA) is 72.3 Å². The zero-order chi connectivity index (χ0) is 17.5. The molecule has 0 aliphatic carbocycles. The van der Waals surface area contributed by atoms with Crippen molar-refractivity contribution in [1.82, 2.24) is 20.1 Å². The minimum absolute atomic E-state index is 0.0429. The Bertz CT molecular complexity index is 529. The van der Waals surface area contributed by atoms with Gasteiger partial charge in [0.15, 0.2) is 5.16 Å². The number of anilines is 1. The molecule has 1 aromatic rings. The molecule has 2 rings (SSSR count). The lowest BCUT2D eigenvalue weighted by molar-refractivity contribution is -0.119. The molecular formula is C16H29N5O2S. The summed E-state index contributed by atoms with van der Waals surface area (Å²) in [5.41, 5.74) is 0. The lowest BCUT2D eigenvalue weighted by Gasteiger charge is -2.28. The van der Waals surface area contributed by atoms with E-state index in [0.29, 0.717) is 24.9 Å². The zero-order valence-corrected chi connectivity index (χ0v) is 15.9. The molecule has 1 aliphatic heterocycles. The fourth-order valence-corrected chi connectivity index (χ4v) is 3.21. The molecule has 1 saturated heterocycles. The van der Waals surface area contributed by atoms with E-state index < -0.39 is 0 Å². The smallest absolute Gasteiger partial charge is 0.230 e. The standard InChI is InChI=1S/C16H29N5O2S/c1-5-13(4)17-14(22)11-24-16-19-18-15(21(16)10-12(2)3)20-6-8-23-9-7-20/h12-13H,5-11H2,1-4H3,(H,17,22)/t13-/m0/s1. The van der Waals surface area contributed by atoms with Crippen molar-refractivity contribution in [3.05, 3.63) is 0 Å². The summed E-state index contributed by atoms with van der Waals surface area (Å²) < 4.78 is 7.55. The number of aromatic nitrogens is 3. The van der Waals surface area contributed by atoms with Crippen LogP contribution in [0.15, 0.2) is 5.16 Å². The van der Waals surface area contributed by atoms with E-state index >= 15 is 0 Å². The number of carbonyl (C=O) groups is 1. The van der Waals surface area contributed by atoms with Crippen LogP contribution in [0, 0.1) is 5.92 Å². The first-order valence-electron chi connectivity index (χ1n) is 8.69. The number of carbonyl (C=O) groups excluding carboxylic acids is 1. The van der Waals surface area contributed by atoms with Gasteiger partial charge in [-0.25, -0.2) is 0 Å². The SMILES string of the molecule is CC[C@H](C)NC(=O)CSc1nnc(N2CCOCC2)n1CC(C)C. The first-order chi connectivity index (χ1) is 11.5. The van der Waals surface area contributed by atoms with Gasteiger partial charge in [-0.15, -0.1) is 10.2 Å². The molecule has 1 fully saturated rings. The highest BCUT2D eigenvalue weighted by atomic mass is 32.2. The van der Waals surface area contributed by atoms with Crippen molar-refractivity contribution < 1.29 is 9.53 Å². The van der Waals surface area contributed by atoms with E-state index in [1.54, 1.807) is 0 Å². The van der Waals surface area contributed by atoms with Gasteiger partial charge in [0, 0.05) is 25.7 Å². The number of hydrogen-bond acceptors (Lipinski definition) is 6. The average Bonchev–Trinajstić information content (AvgIpc) is 2.95. The van der Waals surface area contributed by atoms with Crippen molar-refractivity contribution >= 4 is 23.6 Å². The third-order valence-electron chi connectivity index (χ3n) is 3.89. The second-order valence-corrected chi connectivity index (χ2v) is 7.49. The van der Waals surface area contributed by atoms with Gasteiger partial charge >= 0.3 is 0 Å². The average molecular weight is 356 g/mol. The largest absolute Gasteiger partial charge is 0.378 e. The Kier molecular flexibility index (Phi) is 7.36.